The van der Waals surface area contributed by atoms with Crippen LogP contribution in [0.1, 0.15) is 43.8 Å². The zero-order valence-corrected chi connectivity index (χ0v) is 18.5. The minimum Gasteiger partial charge on any atom is -0.497 e. The van der Waals surface area contributed by atoms with Crippen molar-refractivity contribution in [1.29, 1.82) is 0 Å². The molecule has 4 rings (SSSR count). The summed E-state index contributed by atoms with van der Waals surface area (Å²) in [6.07, 6.45) is -6.59. The molecule has 1 N–H and O–H groups in total. The zero-order valence-electron chi connectivity index (χ0n) is 18.5. The van der Waals surface area contributed by atoms with Gasteiger partial charge in [0, 0.05) is 17.5 Å². The maximum Gasteiger partial charge on any atom is 0.425 e. The summed E-state index contributed by atoms with van der Waals surface area (Å²) >= 11 is 0. The highest BCUT2D eigenvalue weighted by Gasteiger charge is 2.74. The number of aryl methyl sites for hydroxylation is 1. The number of anilines is 1. The van der Waals surface area contributed by atoms with E-state index in [1.165, 1.54) is 20.1 Å². The summed E-state index contributed by atoms with van der Waals surface area (Å²) in [6.45, 7) is 6.52. The Balaban J connectivity index is 1.97. The van der Waals surface area contributed by atoms with E-state index in [4.69, 9.17) is 18.6 Å². The summed E-state index contributed by atoms with van der Waals surface area (Å²) in [6, 6.07) is 8.15. The van der Waals surface area contributed by atoms with Gasteiger partial charge < -0.3 is 23.9 Å². The average Bonchev–Trinajstić information content (AvgIpc) is 3.29. The van der Waals surface area contributed by atoms with Gasteiger partial charge in [0.25, 0.3) is 5.54 Å². The Labute approximate surface area is 184 Å². The molecule has 174 valence electrons. The highest BCUT2D eigenvalue weighted by atomic mass is 19.4. The first kappa shape index (κ1) is 22.5. The number of alkyl halides is 3. The van der Waals surface area contributed by atoms with E-state index in [2.05, 4.69) is 5.32 Å². The molecule has 2 aliphatic rings. The third-order valence-electron chi connectivity index (χ3n) is 6.76. The van der Waals surface area contributed by atoms with Gasteiger partial charge in [0.2, 0.25) is 0 Å². The molecule has 0 saturated carbocycles. The van der Waals surface area contributed by atoms with Crippen LogP contribution in [0.15, 0.2) is 34.7 Å². The second-order valence-electron chi connectivity index (χ2n) is 8.47. The van der Waals surface area contributed by atoms with E-state index in [9.17, 15) is 18.0 Å². The third-order valence-corrected chi connectivity index (χ3v) is 6.76. The fourth-order valence-electron chi connectivity index (χ4n) is 4.92. The van der Waals surface area contributed by atoms with E-state index >= 15 is 0 Å². The molecule has 3 heterocycles. The molecular weight excluding hydrogens is 427 g/mol. The molecule has 0 radical (unpaired) electrons. The largest absolute Gasteiger partial charge is 0.497 e. The summed E-state index contributed by atoms with van der Waals surface area (Å²) in [5.41, 5.74) is -3.52. The molecule has 32 heavy (non-hydrogen) atoms. The summed E-state index contributed by atoms with van der Waals surface area (Å²) < 4.78 is 66.4. The number of rotatable bonds is 4. The number of carbonyl (C=O) groups excluding carboxylic acids is 1. The molecule has 0 spiro atoms. The molecule has 0 bridgehead atoms. The van der Waals surface area contributed by atoms with Crippen molar-refractivity contribution in [2.45, 2.75) is 57.0 Å². The van der Waals surface area contributed by atoms with E-state index in [0.29, 0.717) is 22.8 Å². The first-order valence-corrected chi connectivity index (χ1v) is 10.4. The Morgan fingerprint density at radius 2 is 1.97 bits per heavy atom. The summed E-state index contributed by atoms with van der Waals surface area (Å²) in [4.78, 5) is 13.0. The SMILES string of the molecule is CCOC(=O)[C@@]1(C(F)(F)F)Nc2ccc(OC)cc2[C@H]2C(C)[C@](C)(c3ccc(C)o3)O[C@H]21. The second-order valence-corrected chi connectivity index (χ2v) is 8.47. The van der Waals surface area contributed by atoms with Crippen LogP contribution in [-0.4, -0.2) is 37.5 Å². The van der Waals surface area contributed by atoms with Crippen molar-refractivity contribution in [1.82, 2.24) is 0 Å². The molecule has 9 heteroatoms. The van der Waals surface area contributed by atoms with Crippen molar-refractivity contribution in [3.05, 3.63) is 47.4 Å². The van der Waals surface area contributed by atoms with Crippen molar-refractivity contribution >= 4 is 11.7 Å². The first-order chi connectivity index (χ1) is 15.0. The van der Waals surface area contributed by atoms with Crippen LogP contribution in [0.5, 0.6) is 5.75 Å². The summed E-state index contributed by atoms with van der Waals surface area (Å²) in [7, 11) is 1.48. The van der Waals surface area contributed by atoms with Crippen LogP contribution >= 0.6 is 0 Å². The molecule has 0 aliphatic carbocycles. The Morgan fingerprint density at radius 1 is 1.25 bits per heavy atom. The molecule has 1 saturated heterocycles. The van der Waals surface area contributed by atoms with Crippen molar-refractivity contribution in [2.24, 2.45) is 5.92 Å². The number of esters is 1. The van der Waals surface area contributed by atoms with Gasteiger partial charge in [0.05, 0.1) is 13.7 Å². The minimum atomic E-state index is -5.00. The molecule has 5 atom stereocenters. The van der Waals surface area contributed by atoms with Gasteiger partial charge in [-0.3, -0.25) is 0 Å². The standard InChI is InChI=1S/C23H26F3NO5/c1-6-30-20(28)22(23(24,25)26)19-18(15-11-14(29-5)8-9-16(15)27-22)13(3)21(4,32-19)17-10-7-12(2)31-17/h7-11,13,18-19,27H,6H2,1-5H3/t13?,18-,19-,21-,22+/m1/s1. The molecular formula is C23H26F3NO5. The molecule has 1 fully saturated rings. The molecule has 6 nitrogen and oxygen atoms in total. The van der Waals surface area contributed by atoms with Gasteiger partial charge in [0.15, 0.2) is 0 Å². The lowest BCUT2D eigenvalue weighted by Gasteiger charge is -2.45. The number of halogens is 3. The van der Waals surface area contributed by atoms with E-state index < -0.39 is 41.2 Å². The molecule has 1 aromatic heterocycles. The van der Waals surface area contributed by atoms with E-state index in [1.807, 2.05) is 6.92 Å². The quantitative estimate of drug-likeness (QED) is 0.663. The fraction of sp³-hybridized carbons (Fsp3) is 0.522. The molecule has 0 amide bonds. The van der Waals surface area contributed by atoms with Crippen LogP contribution in [0.2, 0.25) is 0 Å². The number of nitrogens with one attached hydrogen (secondary N) is 1. The predicted molar refractivity (Wildman–Crippen MR) is 110 cm³/mol. The Bertz CT molecular complexity index is 1030. The van der Waals surface area contributed by atoms with E-state index in [0.717, 1.165) is 0 Å². The molecule has 1 unspecified atom stereocenters. The number of fused-ring (bicyclic) bond motifs is 3. The van der Waals surface area contributed by atoms with Crippen LogP contribution in [0, 0.1) is 12.8 Å². The maximum atomic E-state index is 14.7. The average molecular weight is 453 g/mol. The van der Waals surface area contributed by atoms with Gasteiger partial charge in [-0.1, -0.05) is 6.92 Å². The lowest BCUT2D eigenvalue weighted by atomic mass is 9.69. The number of hydrogen-bond acceptors (Lipinski definition) is 6. The lowest BCUT2D eigenvalue weighted by Crippen LogP contribution is -2.68. The van der Waals surface area contributed by atoms with Crippen LogP contribution < -0.4 is 10.1 Å². The monoisotopic (exact) mass is 453 g/mol. The number of methoxy groups -OCH3 is 1. The second kappa shape index (κ2) is 7.43. The fourth-order valence-corrected chi connectivity index (χ4v) is 4.92. The number of hydrogen-bond donors (Lipinski definition) is 1. The Hall–Kier alpha value is -2.68. The minimum absolute atomic E-state index is 0.188. The van der Waals surface area contributed by atoms with Crippen molar-refractivity contribution in [2.75, 3.05) is 19.0 Å². The van der Waals surface area contributed by atoms with Crippen molar-refractivity contribution in [3.63, 3.8) is 0 Å². The van der Waals surface area contributed by atoms with Gasteiger partial charge in [-0.05, 0) is 56.7 Å². The highest BCUT2D eigenvalue weighted by molar-refractivity contribution is 5.89. The number of ether oxygens (including phenoxy) is 3. The normalized spacial score (nSPS) is 31.4. The Morgan fingerprint density at radius 3 is 2.53 bits per heavy atom. The van der Waals surface area contributed by atoms with Gasteiger partial charge in [-0.25, -0.2) is 4.79 Å². The van der Waals surface area contributed by atoms with Crippen LogP contribution in [-0.2, 0) is 19.9 Å². The summed E-state index contributed by atoms with van der Waals surface area (Å²) in [5.74, 6) is -1.17. The van der Waals surface area contributed by atoms with Crippen molar-refractivity contribution < 1.29 is 36.6 Å². The van der Waals surface area contributed by atoms with Gasteiger partial charge >= 0.3 is 12.1 Å². The maximum absolute atomic E-state index is 14.7. The number of furan rings is 1. The van der Waals surface area contributed by atoms with Gasteiger partial charge in [0.1, 0.15) is 29.0 Å². The van der Waals surface area contributed by atoms with Crippen LogP contribution in [0.4, 0.5) is 18.9 Å². The molecule has 2 aromatic rings. The first-order valence-electron chi connectivity index (χ1n) is 10.4. The Kier molecular flexibility index (Phi) is 5.23. The van der Waals surface area contributed by atoms with Gasteiger partial charge in [-0.2, -0.15) is 13.2 Å². The topological polar surface area (TPSA) is 69.9 Å². The highest BCUT2D eigenvalue weighted by Crippen LogP contribution is 2.61. The number of benzene rings is 1. The van der Waals surface area contributed by atoms with Crippen molar-refractivity contribution in [3.8, 4) is 5.75 Å². The van der Waals surface area contributed by atoms with Gasteiger partial charge in [-0.15, -0.1) is 0 Å². The smallest absolute Gasteiger partial charge is 0.425 e. The predicted octanol–water partition coefficient (Wildman–Crippen LogP) is 4.92. The van der Waals surface area contributed by atoms with E-state index in [1.54, 1.807) is 38.1 Å². The lowest BCUT2D eigenvalue weighted by molar-refractivity contribution is -0.230. The third kappa shape index (κ3) is 3.01. The number of carbonyl (C=O) groups is 1. The molecule has 1 aromatic carbocycles. The molecule has 2 aliphatic heterocycles. The van der Waals surface area contributed by atoms with Crippen LogP contribution in [0.25, 0.3) is 0 Å². The van der Waals surface area contributed by atoms with Crippen LogP contribution in [0.3, 0.4) is 0 Å². The summed E-state index contributed by atoms with van der Waals surface area (Å²) in [5, 5.41) is 2.46. The van der Waals surface area contributed by atoms with E-state index in [-0.39, 0.29) is 12.3 Å². The zero-order chi connectivity index (χ0) is 23.5.